The van der Waals surface area contributed by atoms with E-state index in [0.29, 0.717) is 0 Å². The van der Waals surface area contributed by atoms with Crippen LogP contribution in [0.3, 0.4) is 0 Å². The molecule has 7 nitrogen and oxygen atoms in total. The van der Waals surface area contributed by atoms with Crippen LogP contribution in [-0.4, -0.2) is 26.0 Å². The summed E-state index contributed by atoms with van der Waals surface area (Å²) in [6, 6.07) is 5.59. The maximum atomic E-state index is 13.9. The average molecular weight is 442 g/mol. The number of hydrogen-bond acceptors (Lipinski definition) is 5. The lowest BCUT2D eigenvalue weighted by Crippen LogP contribution is -2.36. The van der Waals surface area contributed by atoms with E-state index in [1.54, 1.807) is 39.8 Å². The zero-order valence-electron chi connectivity index (χ0n) is 16.1. The van der Waals surface area contributed by atoms with Crippen molar-refractivity contribution in [3.05, 3.63) is 62.4 Å². The van der Waals surface area contributed by atoms with Crippen molar-refractivity contribution < 1.29 is 18.8 Å². The fourth-order valence-electron chi connectivity index (χ4n) is 2.70. The van der Waals surface area contributed by atoms with Gasteiger partial charge >= 0.3 is 11.8 Å². The molecule has 0 N–H and O–H groups in total. The van der Waals surface area contributed by atoms with Crippen LogP contribution in [0, 0.1) is 5.82 Å². The molecule has 0 aliphatic heterocycles. The number of ether oxygens (including phenoxy) is 1. The van der Waals surface area contributed by atoms with E-state index >= 15 is 0 Å². The lowest BCUT2D eigenvalue weighted by Gasteiger charge is -2.19. The average Bonchev–Trinajstić information content (AvgIpc) is 2.89. The minimum atomic E-state index is -0.915. The predicted molar refractivity (Wildman–Crippen MR) is 107 cm³/mol. The number of fused-ring (bicyclic) bond motifs is 1. The van der Waals surface area contributed by atoms with Crippen LogP contribution in [0.1, 0.15) is 39.4 Å². The summed E-state index contributed by atoms with van der Waals surface area (Å²) in [5, 5.41) is -0.0435. The zero-order chi connectivity index (χ0) is 21.5. The Labute approximate surface area is 175 Å². The molecule has 0 spiro atoms. The van der Waals surface area contributed by atoms with Crippen LogP contribution in [-0.2, 0) is 4.74 Å². The third-order valence-electron chi connectivity index (χ3n) is 3.89. The van der Waals surface area contributed by atoms with Gasteiger partial charge < -0.3 is 9.57 Å². The molecular weight excluding hydrogens is 424 g/mol. The van der Waals surface area contributed by atoms with E-state index in [1.807, 2.05) is 0 Å². The van der Waals surface area contributed by atoms with Crippen molar-refractivity contribution in [1.29, 1.82) is 0 Å². The molecule has 0 bridgehead atoms. The van der Waals surface area contributed by atoms with Gasteiger partial charge in [-0.3, -0.25) is 0 Å². The van der Waals surface area contributed by atoms with Crippen LogP contribution in [0.25, 0.3) is 11.2 Å². The summed E-state index contributed by atoms with van der Waals surface area (Å²) in [7, 11) is 0. The van der Waals surface area contributed by atoms with Crippen LogP contribution in [0.2, 0.25) is 10.0 Å². The quantitative estimate of drug-likeness (QED) is 0.554. The third-order valence-corrected chi connectivity index (χ3v) is 4.60. The smallest absolute Gasteiger partial charge is 0.424 e. The first-order chi connectivity index (χ1) is 13.5. The van der Waals surface area contributed by atoms with Gasteiger partial charge in [0.15, 0.2) is 11.8 Å². The number of halogens is 3. The van der Waals surface area contributed by atoms with Gasteiger partial charge in [-0.25, -0.2) is 19.0 Å². The standard InChI is InChI=1S/C19H18Cl2FN3O4/c1-10(14-11(20)7-8-12(22)15(14)21)29-25-13-6-5-9-23-16(13)24(17(25)26)18(27)28-19(2,3)4/h5-10H,1-4H3. The molecule has 0 amide bonds. The number of rotatable bonds is 3. The highest BCUT2D eigenvalue weighted by Crippen LogP contribution is 2.33. The second-order valence-corrected chi connectivity index (χ2v) is 8.03. The van der Waals surface area contributed by atoms with Crippen molar-refractivity contribution in [2.75, 3.05) is 0 Å². The molecule has 0 saturated heterocycles. The van der Waals surface area contributed by atoms with E-state index in [-0.39, 0.29) is 26.8 Å². The minimum Gasteiger partial charge on any atom is -0.443 e. The highest BCUT2D eigenvalue weighted by atomic mass is 35.5. The molecule has 1 aromatic carbocycles. The number of aromatic nitrogens is 3. The van der Waals surface area contributed by atoms with Crippen molar-refractivity contribution in [1.82, 2.24) is 14.3 Å². The van der Waals surface area contributed by atoms with Gasteiger partial charge in [0, 0.05) is 16.8 Å². The third kappa shape index (κ3) is 4.09. The molecule has 1 atom stereocenters. The molecule has 0 aliphatic carbocycles. The first-order valence-corrected chi connectivity index (χ1v) is 9.39. The van der Waals surface area contributed by atoms with E-state index in [1.165, 1.54) is 12.3 Å². The highest BCUT2D eigenvalue weighted by molar-refractivity contribution is 6.36. The van der Waals surface area contributed by atoms with Gasteiger partial charge in [-0.1, -0.05) is 23.2 Å². The Bertz CT molecular complexity index is 1150. The maximum absolute atomic E-state index is 13.9. The first-order valence-electron chi connectivity index (χ1n) is 8.63. The number of benzene rings is 1. The molecule has 2 aromatic heterocycles. The predicted octanol–water partition coefficient (Wildman–Crippen LogP) is 4.62. The van der Waals surface area contributed by atoms with Crippen molar-refractivity contribution in [2.24, 2.45) is 0 Å². The summed E-state index contributed by atoms with van der Waals surface area (Å²) in [6.45, 7) is 6.57. The van der Waals surface area contributed by atoms with E-state index in [4.69, 9.17) is 32.8 Å². The van der Waals surface area contributed by atoms with E-state index < -0.39 is 29.3 Å². The van der Waals surface area contributed by atoms with Gasteiger partial charge in [-0.2, -0.15) is 4.57 Å². The number of hydrogen-bond donors (Lipinski definition) is 0. The van der Waals surface area contributed by atoms with Gasteiger partial charge in [0.25, 0.3) is 0 Å². The summed E-state index contributed by atoms with van der Waals surface area (Å²) in [5.74, 6) is -0.674. The molecule has 154 valence electrons. The number of pyridine rings is 1. The number of nitrogens with zero attached hydrogens (tertiary/aromatic N) is 3. The second kappa shape index (κ2) is 7.68. The molecule has 0 saturated carbocycles. The molecule has 0 fully saturated rings. The van der Waals surface area contributed by atoms with E-state index in [9.17, 15) is 14.0 Å². The largest absolute Gasteiger partial charge is 0.443 e. The highest BCUT2D eigenvalue weighted by Gasteiger charge is 2.27. The summed E-state index contributed by atoms with van der Waals surface area (Å²) < 4.78 is 20.8. The van der Waals surface area contributed by atoms with Gasteiger partial charge in [-0.15, -0.1) is 4.73 Å². The van der Waals surface area contributed by atoms with Gasteiger partial charge in [0.1, 0.15) is 16.9 Å². The number of carbonyl (C=O) groups excluding carboxylic acids is 1. The molecule has 2 heterocycles. The summed E-state index contributed by atoms with van der Waals surface area (Å²) >= 11 is 12.2. The topological polar surface area (TPSA) is 75.3 Å². The van der Waals surface area contributed by atoms with Crippen molar-refractivity contribution in [2.45, 2.75) is 39.4 Å². The Morgan fingerprint density at radius 2 is 1.93 bits per heavy atom. The fraction of sp³-hybridized carbons (Fsp3) is 0.316. The van der Waals surface area contributed by atoms with Crippen LogP contribution in [0.5, 0.6) is 0 Å². The molecule has 0 aliphatic rings. The monoisotopic (exact) mass is 441 g/mol. The van der Waals surface area contributed by atoms with Gasteiger partial charge in [0.05, 0.1) is 5.02 Å². The van der Waals surface area contributed by atoms with Gasteiger partial charge in [-0.05, 0) is 52.0 Å². The van der Waals surface area contributed by atoms with Crippen LogP contribution < -0.4 is 10.5 Å². The fourth-order valence-corrected chi connectivity index (χ4v) is 3.38. The molecule has 10 heteroatoms. The van der Waals surface area contributed by atoms with Crippen molar-refractivity contribution in [3.63, 3.8) is 0 Å². The molecule has 3 rings (SSSR count). The van der Waals surface area contributed by atoms with Crippen molar-refractivity contribution >= 4 is 40.5 Å². The summed E-state index contributed by atoms with van der Waals surface area (Å²) in [6.07, 6.45) is -0.388. The van der Waals surface area contributed by atoms with Crippen molar-refractivity contribution in [3.8, 4) is 0 Å². The normalized spacial score (nSPS) is 12.8. The Kier molecular flexibility index (Phi) is 5.60. The summed E-state index contributed by atoms with van der Waals surface area (Å²) in [4.78, 5) is 35.3. The zero-order valence-corrected chi connectivity index (χ0v) is 17.6. The van der Waals surface area contributed by atoms with Crippen LogP contribution >= 0.6 is 23.2 Å². The molecule has 3 aromatic rings. The lowest BCUT2D eigenvalue weighted by molar-refractivity contribution is 0.0402. The number of imidazole rings is 1. The second-order valence-electron chi connectivity index (χ2n) is 7.24. The Morgan fingerprint density at radius 3 is 2.59 bits per heavy atom. The molecule has 1 unspecified atom stereocenters. The van der Waals surface area contributed by atoms with Gasteiger partial charge in [0.2, 0.25) is 0 Å². The Balaban J connectivity index is 2.10. The molecule has 0 radical (unpaired) electrons. The number of carbonyl (C=O) groups is 1. The maximum Gasteiger partial charge on any atom is 0.424 e. The molecular formula is C19H18Cl2FN3O4. The summed E-state index contributed by atoms with van der Waals surface area (Å²) in [5.41, 5.74) is -1.21. The Morgan fingerprint density at radius 1 is 1.24 bits per heavy atom. The van der Waals surface area contributed by atoms with E-state index in [0.717, 1.165) is 15.4 Å². The van der Waals surface area contributed by atoms with Crippen LogP contribution in [0.15, 0.2) is 35.3 Å². The minimum absolute atomic E-state index is 0.0513. The Hall–Kier alpha value is -2.58. The molecule has 29 heavy (non-hydrogen) atoms. The lowest BCUT2D eigenvalue weighted by atomic mass is 10.1. The van der Waals surface area contributed by atoms with Crippen LogP contribution in [0.4, 0.5) is 9.18 Å². The van der Waals surface area contributed by atoms with E-state index in [2.05, 4.69) is 4.98 Å². The SMILES string of the molecule is CC(On1c(=O)n(C(=O)OC(C)(C)C)c2ncccc21)c1c(Cl)ccc(F)c1Cl. The first kappa shape index (κ1) is 21.1.